The van der Waals surface area contributed by atoms with Crippen LogP contribution in [0.1, 0.15) is 31.7 Å². The van der Waals surface area contributed by atoms with Gasteiger partial charge in [0.2, 0.25) is 0 Å². The molecule has 0 spiro atoms. The van der Waals surface area contributed by atoms with Crippen LogP contribution >= 0.6 is 15.9 Å². The van der Waals surface area contributed by atoms with Crippen molar-refractivity contribution in [3.05, 3.63) is 22.4 Å². The quantitative estimate of drug-likeness (QED) is 0.621. The second kappa shape index (κ2) is 7.67. The molecule has 0 unspecified atom stereocenters. The van der Waals surface area contributed by atoms with Gasteiger partial charge in [-0.25, -0.2) is 4.98 Å². The monoisotopic (exact) mass is 300 g/mol. The van der Waals surface area contributed by atoms with Crippen LogP contribution in [0.4, 0.5) is 5.69 Å². The fraction of sp³-hybridized carbons (Fsp3) is 0.615. The third-order valence-electron chi connectivity index (χ3n) is 2.79. The second-order valence-electron chi connectivity index (χ2n) is 4.26. The van der Waals surface area contributed by atoms with E-state index in [1.165, 1.54) is 19.3 Å². The lowest BCUT2D eigenvalue weighted by Crippen LogP contribution is -2.19. The van der Waals surface area contributed by atoms with E-state index in [1.807, 2.05) is 6.20 Å². The summed E-state index contributed by atoms with van der Waals surface area (Å²) in [7, 11) is 2.08. The molecule has 0 radical (unpaired) electrons. The molecule has 1 N–H and O–H groups in total. The fourth-order valence-corrected chi connectivity index (χ4v) is 2.25. The third kappa shape index (κ3) is 4.64. The summed E-state index contributed by atoms with van der Waals surface area (Å²) in [5, 5.41) is 8.94. The summed E-state index contributed by atoms with van der Waals surface area (Å²) in [6, 6.07) is 2.10. The number of aliphatic hydroxyl groups excluding tert-OH is 1. The van der Waals surface area contributed by atoms with Gasteiger partial charge in [-0.05, 0) is 40.4 Å². The first-order valence-electron chi connectivity index (χ1n) is 6.15. The van der Waals surface area contributed by atoms with Gasteiger partial charge in [0, 0.05) is 26.4 Å². The number of halogens is 1. The number of pyridine rings is 1. The van der Waals surface area contributed by atoms with Crippen LogP contribution < -0.4 is 4.90 Å². The van der Waals surface area contributed by atoms with Crippen LogP contribution in [0.5, 0.6) is 0 Å². The van der Waals surface area contributed by atoms with Crippen molar-refractivity contribution < 1.29 is 5.11 Å². The molecule has 0 aromatic carbocycles. The highest BCUT2D eigenvalue weighted by molar-refractivity contribution is 9.10. The molecule has 3 nitrogen and oxygen atoms in total. The van der Waals surface area contributed by atoms with Gasteiger partial charge in [-0.2, -0.15) is 0 Å². The maximum absolute atomic E-state index is 8.94. The Kier molecular flexibility index (Phi) is 6.52. The van der Waals surface area contributed by atoms with Gasteiger partial charge in [0.15, 0.2) is 0 Å². The number of rotatable bonds is 7. The zero-order valence-electron chi connectivity index (χ0n) is 10.6. The predicted molar refractivity (Wildman–Crippen MR) is 75.5 cm³/mol. The van der Waals surface area contributed by atoms with Crippen molar-refractivity contribution in [2.75, 3.05) is 25.1 Å². The van der Waals surface area contributed by atoms with Crippen LogP contribution in [-0.4, -0.2) is 30.3 Å². The number of hydrogen-bond donors (Lipinski definition) is 1. The third-order valence-corrected chi connectivity index (χ3v) is 3.40. The summed E-state index contributed by atoms with van der Waals surface area (Å²) in [5.41, 5.74) is 2.18. The van der Waals surface area contributed by atoms with Crippen molar-refractivity contribution in [3.63, 3.8) is 0 Å². The number of unbranched alkanes of at least 4 members (excludes halogenated alkanes) is 2. The Morgan fingerprint density at radius 1 is 1.41 bits per heavy atom. The average molecular weight is 301 g/mol. The average Bonchev–Trinajstić information content (AvgIpc) is 2.32. The van der Waals surface area contributed by atoms with Gasteiger partial charge >= 0.3 is 0 Å². The Bertz CT molecular complexity index is 344. The molecule has 0 aliphatic carbocycles. The summed E-state index contributed by atoms with van der Waals surface area (Å²) in [6.07, 6.45) is 6.16. The normalized spacial score (nSPS) is 10.6. The fourth-order valence-electron chi connectivity index (χ4n) is 1.73. The van der Waals surface area contributed by atoms with Crippen molar-refractivity contribution >= 4 is 21.6 Å². The number of anilines is 1. The van der Waals surface area contributed by atoms with Gasteiger partial charge in [-0.15, -0.1) is 0 Å². The van der Waals surface area contributed by atoms with E-state index in [2.05, 4.69) is 45.9 Å². The zero-order chi connectivity index (χ0) is 12.7. The lowest BCUT2D eigenvalue weighted by molar-refractivity contribution is 0.299. The Morgan fingerprint density at radius 3 is 2.82 bits per heavy atom. The topological polar surface area (TPSA) is 36.4 Å². The Balaban J connectivity index is 2.69. The minimum atomic E-state index is 0.169. The first-order valence-corrected chi connectivity index (χ1v) is 6.94. The van der Waals surface area contributed by atoms with Gasteiger partial charge in [0.1, 0.15) is 4.60 Å². The molecule has 0 bridgehead atoms. The maximum atomic E-state index is 8.94. The first-order chi connectivity index (χ1) is 8.19. The smallest absolute Gasteiger partial charge is 0.129 e. The number of hydrogen-bond acceptors (Lipinski definition) is 3. The van der Waals surface area contributed by atoms with Crippen LogP contribution in [0.3, 0.4) is 0 Å². The van der Waals surface area contributed by atoms with E-state index < -0.39 is 0 Å². The van der Waals surface area contributed by atoms with E-state index >= 15 is 0 Å². The zero-order valence-corrected chi connectivity index (χ0v) is 12.2. The molecular formula is C13H21BrN2O. The van der Waals surface area contributed by atoms with E-state index in [0.29, 0.717) is 6.42 Å². The van der Waals surface area contributed by atoms with Crippen LogP contribution in [0.15, 0.2) is 16.9 Å². The van der Waals surface area contributed by atoms with Gasteiger partial charge in [-0.1, -0.05) is 19.8 Å². The van der Waals surface area contributed by atoms with Crippen LogP contribution in [0, 0.1) is 0 Å². The van der Waals surface area contributed by atoms with Crippen molar-refractivity contribution in [2.45, 2.75) is 32.6 Å². The molecule has 0 aliphatic rings. The molecule has 0 saturated carbocycles. The molecular weight excluding hydrogens is 280 g/mol. The molecule has 96 valence electrons. The van der Waals surface area contributed by atoms with Crippen LogP contribution in [0.2, 0.25) is 0 Å². The van der Waals surface area contributed by atoms with Crippen molar-refractivity contribution in [1.29, 1.82) is 0 Å². The van der Waals surface area contributed by atoms with E-state index in [9.17, 15) is 0 Å². The molecule has 0 fully saturated rings. The molecule has 1 aromatic rings. The van der Waals surface area contributed by atoms with Crippen LogP contribution in [0.25, 0.3) is 0 Å². The summed E-state index contributed by atoms with van der Waals surface area (Å²) in [6.45, 7) is 3.42. The number of aromatic nitrogens is 1. The van der Waals surface area contributed by atoms with Crippen LogP contribution in [-0.2, 0) is 6.42 Å². The van der Waals surface area contributed by atoms with Gasteiger partial charge in [-0.3, -0.25) is 0 Å². The molecule has 1 aromatic heterocycles. The SMILES string of the molecule is CCCCCN(C)c1cc(CCO)cnc1Br. The largest absolute Gasteiger partial charge is 0.396 e. The maximum Gasteiger partial charge on any atom is 0.129 e. The van der Waals surface area contributed by atoms with E-state index in [-0.39, 0.29) is 6.61 Å². The molecule has 17 heavy (non-hydrogen) atoms. The molecule has 0 amide bonds. The number of aliphatic hydroxyl groups is 1. The molecule has 1 rings (SSSR count). The lowest BCUT2D eigenvalue weighted by Gasteiger charge is -2.20. The highest BCUT2D eigenvalue weighted by Crippen LogP contribution is 2.24. The minimum absolute atomic E-state index is 0.169. The molecule has 0 saturated heterocycles. The summed E-state index contributed by atoms with van der Waals surface area (Å²) >= 11 is 3.48. The minimum Gasteiger partial charge on any atom is -0.396 e. The Labute approximate surface area is 112 Å². The van der Waals surface area contributed by atoms with E-state index in [1.54, 1.807) is 0 Å². The molecule has 1 heterocycles. The van der Waals surface area contributed by atoms with Gasteiger partial charge in [0.05, 0.1) is 5.69 Å². The highest BCUT2D eigenvalue weighted by atomic mass is 79.9. The standard InChI is InChI=1S/C13H21BrN2O/c1-3-4-5-7-16(2)12-9-11(6-8-17)10-15-13(12)14/h9-10,17H,3-8H2,1-2H3. The van der Waals surface area contributed by atoms with Gasteiger partial charge < -0.3 is 10.0 Å². The molecule has 4 heteroatoms. The summed E-state index contributed by atoms with van der Waals surface area (Å²) in [4.78, 5) is 6.53. The predicted octanol–water partition coefficient (Wildman–Crippen LogP) is 3.01. The highest BCUT2D eigenvalue weighted by Gasteiger charge is 2.07. The molecule has 0 aliphatic heterocycles. The Morgan fingerprint density at radius 2 is 2.18 bits per heavy atom. The molecule has 0 atom stereocenters. The van der Waals surface area contributed by atoms with Gasteiger partial charge in [0.25, 0.3) is 0 Å². The first kappa shape index (κ1) is 14.5. The Hall–Kier alpha value is -0.610. The summed E-state index contributed by atoms with van der Waals surface area (Å²) < 4.78 is 0.873. The second-order valence-corrected chi connectivity index (χ2v) is 5.01. The van der Waals surface area contributed by atoms with E-state index in [4.69, 9.17) is 5.11 Å². The lowest BCUT2D eigenvalue weighted by atomic mass is 10.2. The number of nitrogens with zero attached hydrogens (tertiary/aromatic N) is 2. The van der Waals surface area contributed by atoms with Crippen molar-refractivity contribution in [2.24, 2.45) is 0 Å². The van der Waals surface area contributed by atoms with Crippen molar-refractivity contribution in [3.8, 4) is 0 Å². The van der Waals surface area contributed by atoms with E-state index in [0.717, 1.165) is 22.4 Å². The van der Waals surface area contributed by atoms with Crippen molar-refractivity contribution in [1.82, 2.24) is 4.98 Å². The summed E-state index contributed by atoms with van der Waals surface area (Å²) in [5.74, 6) is 0.